The predicted molar refractivity (Wildman–Crippen MR) is 330 cm³/mol. The highest BCUT2D eigenvalue weighted by molar-refractivity contribution is 5.71. The summed E-state index contributed by atoms with van der Waals surface area (Å²) in [6, 6.07) is 0. The van der Waals surface area contributed by atoms with Crippen LogP contribution in [0.5, 0.6) is 0 Å². The molecule has 2 atom stereocenters. The van der Waals surface area contributed by atoms with Gasteiger partial charge in [-0.2, -0.15) is 0 Å². The monoisotopic (exact) mass is 1070 g/mol. The lowest BCUT2D eigenvalue weighted by Gasteiger charge is -2.18. The van der Waals surface area contributed by atoms with E-state index >= 15 is 0 Å². The fourth-order valence-electron chi connectivity index (χ4n) is 11.0. The van der Waals surface area contributed by atoms with Crippen LogP contribution in [0.15, 0.2) is 0 Å². The van der Waals surface area contributed by atoms with E-state index in [-0.39, 0.29) is 31.1 Å². The lowest BCUT2D eigenvalue weighted by Crippen LogP contribution is -2.30. The third-order valence-corrected chi connectivity index (χ3v) is 16.6. The molecule has 76 heavy (non-hydrogen) atoms. The molecular formula is C70H136O6. The van der Waals surface area contributed by atoms with Gasteiger partial charge in [-0.15, -0.1) is 0 Å². The molecule has 1 unspecified atom stereocenters. The van der Waals surface area contributed by atoms with Gasteiger partial charge in [-0.05, 0) is 31.1 Å². The summed E-state index contributed by atoms with van der Waals surface area (Å²) in [5.74, 6) is 0.934. The standard InChI is InChI=1S/C70H136O6/c1-6-8-9-10-11-12-13-14-15-16-20-26-32-37-42-47-52-57-62-70(73)76-67(64-75-69(72)61-56-51-46-41-36-31-27-22-23-28-33-38-43-48-53-58-65(3)4)63-74-68(71)60-55-50-45-40-35-30-25-21-18-17-19-24-29-34-39-44-49-54-59-66(5)7-2/h65-67H,6-64H2,1-5H3/t66?,67-/m0/s1. The molecule has 0 fully saturated rings. The summed E-state index contributed by atoms with van der Waals surface area (Å²) < 4.78 is 17.0. The Balaban J connectivity index is 4.27. The molecule has 0 aromatic rings. The maximum atomic E-state index is 12.9. The molecule has 6 heteroatoms. The zero-order valence-electron chi connectivity index (χ0n) is 52.4. The Morgan fingerprint density at radius 3 is 0.750 bits per heavy atom. The Labute approximate surface area is 476 Å². The summed E-state index contributed by atoms with van der Waals surface area (Å²) in [5, 5.41) is 0. The summed E-state index contributed by atoms with van der Waals surface area (Å²) in [4.78, 5) is 38.4. The molecule has 0 N–H and O–H groups in total. The number of ether oxygens (including phenoxy) is 3. The zero-order chi connectivity index (χ0) is 55.3. The van der Waals surface area contributed by atoms with E-state index in [1.807, 2.05) is 0 Å². The van der Waals surface area contributed by atoms with Crippen molar-refractivity contribution in [1.29, 1.82) is 0 Å². The highest BCUT2D eigenvalue weighted by Crippen LogP contribution is 2.20. The van der Waals surface area contributed by atoms with E-state index in [4.69, 9.17) is 14.2 Å². The van der Waals surface area contributed by atoms with Gasteiger partial charge in [0.05, 0.1) is 0 Å². The van der Waals surface area contributed by atoms with E-state index in [0.29, 0.717) is 19.3 Å². The molecule has 0 heterocycles. The number of esters is 3. The lowest BCUT2D eigenvalue weighted by atomic mass is 9.99. The smallest absolute Gasteiger partial charge is 0.306 e. The fraction of sp³-hybridized carbons (Fsp3) is 0.957. The lowest BCUT2D eigenvalue weighted by molar-refractivity contribution is -0.167. The van der Waals surface area contributed by atoms with Crippen molar-refractivity contribution in [3.8, 4) is 0 Å². The van der Waals surface area contributed by atoms with Gasteiger partial charge >= 0.3 is 17.9 Å². The number of hydrogen-bond acceptors (Lipinski definition) is 6. The molecule has 0 aliphatic carbocycles. The number of carbonyl (C=O) groups excluding carboxylic acids is 3. The summed E-state index contributed by atoms with van der Waals surface area (Å²) in [6.45, 7) is 11.5. The van der Waals surface area contributed by atoms with Crippen molar-refractivity contribution < 1.29 is 28.6 Å². The first kappa shape index (κ1) is 74.4. The molecule has 0 saturated heterocycles. The molecule has 0 bridgehead atoms. The maximum Gasteiger partial charge on any atom is 0.306 e. The average Bonchev–Trinajstić information content (AvgIpc) is 3.41. The van der Waals surface area contributed by atoms with Crippen LogP contribution in [0.2, 0.25) is 0 Å². The average molecular weight is 1070 g/mol. The Hall–Kier alpha value is -1.59. The third-order valence-electron chi connectivity index (χ3n) is 16.6. The highest BCUT2D eigenvalue weighted by Gasteiger charge is 2.20. The van der Waals surface area contributed by atoms with Gasteiger partial charge in [-0.3, -0.25) is 14.4 Å². The molecule has 0 amide bonds. The van der Waals surface area contributed by atoms with Gasteiger partial charge < -0.3 is 14.2 Å². The Bertz CT molecular complexity index is 1170. The van der Waals surface area contributed by atoms with Gasteiger partial charge in [-0.25, -0.2) is 0 Å². The van der Waals surface area contributed by atoms with Crippen LogP contribution in [0.4, 0.5) is 0 Å². The molecule has 0 spiro atoms. The molecule has 6 nitrogen and oxygen atoms in total. The Morgan fingerprint density at radius 1 is 0.276 bits per heavy atom. The molecule has 0 saturated carbocycles. The van der Waals surface area contributed by atoms with E-state index in [1.165, 1.54) is 289 Å². The molecule has 0 rings (SSSR count). The van der Waals surface area contributed by atoms with Crippen molar-refractivity contribution >= 4 is 17.9 Å². The van der Waals surface area contributed by atoms with Gasteiger partial charge in [0.1, 0.15) is 13.2 Å². The second-order valence-corrected chi connectivity index (χ2v) is 24.9. The van der Waals surface area contributed by atoms with Crippen molar-refractivity contribution in [3.05, 3.63) is 0 Å². The van der Waals surface area contributed by atoms with Crippen LogP contribution in [0.3, 0.4) is 0 Å². The van der Waals surface area contributed by atoms with Crippen LogP contribution in [0.1, 0.15) is 401 Å². The minimum absolute atomic E-state index is 0.0612. The largest absolute Gasteiger partial charge is 0.462 e. The quantitative estimate of drug-likeness (QED) is 0.0343. The normalized spacial score (nSPS) is 12.4. The number of unbranched alkanes of at least 4 members (excludes halogenated alkanes) is 48. The Morgan fingerprint density at radius 2 is 0.500 bits per heavy atom. The molecule has 0 radical (unpaired) electrons. The van der Waals surface area contributed by atoms with Crippen LogP contribution >= 0.6 is 0 Å². The van der Waals surface area contributed by atoms with Crippen molar-refractivity contribution in [1.82, 2.24) is 0 Å². The fourth-order valence-corrected chi connectivity index (χ4v) is 11.0. The van der Waals surface area contributed by atoms with E-state index in [2.05, 4.69) is 34.6 Å². The second-order valence-electron chi connectivity index (χ2n) is 24.9. The number of carbonyl (C=O) groups is 3. The molecule has 452 valence electrons. The van der Waals surface area contributed by atoms with Crippen LogP contribution < -0.4 is 0 Å². The van der Waals surface area contributed by atoms with Gasteiger partial charge in [0.25, 0.3) is 0 Å². The minimum atomic E-state index is -0.764. The van der Waals surface area contributed by atoms with E-state index < -0.39 is 6.10 Å². The van der Waals surface area contributed by atoms with Gasteiger partial charge in [0, 0.05) is 19.3 Å². The van der Waals surface area contributed by atoms with E-state index in [1.54, 1.807) is 0 Å². The van der Waals surface area contributed by atoms with E-state index in [9.17, 15) is 14.4 Å². The van der Waals surface area contributed by atoms with Crippen LogP contribution in [0.25, 0.3) is 0 Å². The summed E-state index contributed by atoms with van der Waals surface area (Å²) in [7, 11) is 0. The van der Waals surface area contributed by atoms with Gasteiger partial charge in [0.15, 0.2) is 6.10 Å². The molecule has 0 aliphatic heterocycles. The molecule has 0 aromatic heterocycles. The Kier molecular flexibility index (Phi) is 61.3. The number of hydrogen-bond donors (Lipinski definition) is 0. The third kappa shape index (κ3) is 61.6. The topological polar surface area (TPSA) is 78.9 Å². The summed E-state index contributed by atoms with van der Waals surface area (Å²) in [5.41, 5.74) is 0. The SMILES string of the molecule is CCCCCCCCCCCCCCCCCCCCC(=O)O[C@@H](COC(=O)CCCCCCCCCCCCCCCCCCCCC(C)CC)COC(=O)CCCCCCCCCCCCCCCCCC(C)C. The summed E-state index contributed by atoms with van der Waals surface area (Å²) >= 11 is 0. The van der Waals surface area contributed by atoms with Crippen molar-refractivity contribution in [2.45, 2.75) is 407 Å². The first-order valence-corrected chi connectivity index (χ1v) is 34.8. The van der Waals surface area contributed by atoms with Crippen LogP contribution in [0, 0.1) is 11.8 Å². The predicted octanol–water partition coefficient (Wildman–Crippen LogP) is 23.6. The highest BCUT2D eigenvalue weighted by atomic mass is 16.6. The van der Waals surface area contributed by atoms with Crippen molar-refractivity contribution in [2.75, 3.05) is 13.2 Å². The van der Waals surface area contributed by atoms with Crippen molar-refractivity contribution in [2.24, 2.45) is 11.8 Å². The first-order chi connectivity index (χ1) is 37.3. The number of rotatable bonds is 64. The minimum Gasteiger partial charge on any atom is -0.462 e. The van der Waals surface area contributed by atoms with Gasteiger partial charge in [0.2, 0.25) is 0 Å². The van der Waals surface area contributed by atoms with E-state index in [0.717, 1.165) is 69.6 Å². The second kappa shape index (κ2) is 62.6. The summed E-state index contributed by atoms with van der Waals surface area (Å²) in [6.07, 6.45) is 71.1. The molecular weight excluding hydrogens is 937 g/mol. The van der Waals surface area contributed by atoms with Crippen LogP contribution in [-0.2, 0) is 28.6 Å². The first-order valence-electron chi connectivity index (χ1n) is 34.8. The molecule has 0 aliphatic rings. The van der Waals surface area contributed by atoms with Crippen LogP contribution in [-0.4, -0.2) is 37.2 Å². The van der Waals surface area contributed by atoms with Gasteiger partial charge in [-0.1, -0.05) is 362 Å². The zero-order valence-corrected chi connectivity index (χ0v) is 52.4. The molecule has 0 aromatic carbocycles. The van der Waals surface area contributed by atoms with Crippen molar-refractivity contribution in [3.63, 3.8) is 0 Å². The maximum absolute atomic E-state index is 12.9.